The number of carbonyl (C=O) groups excluding carboxylic acids is 2. The van der Waals surface area contributed by atoms with Gasteiger partial charge in [0.25, 0.3) is 5.91 Å². The summed E-state index contributed by atoms with van der Waals surface area (Å²) in [5.41, 5.74) is -0.0498. The third-order valence-corrected chi connectivity index (χ3v) is 4.90. The first-order chi connectivity index (χ1) is 14.2. The second-order valence-corrected chi connectivity index (χ2v) is 7.01. The van der Waals surface area contributed by atoms with Gasteiger partial charge in [0.1, 0.15) is 5.82 Å². The molecule has 5 nitrogen and oxygen atoms in total. The molecule has 0 unspecified atom stereocenters. The van der Waals surface area contributed by atoms with Crippen LogP contribution in [0.15, 0.2) is 48.5 Å². The second-order valence-electron chi connectivity index (χ2n) is 7.01. The lowest BCUT2D eigenvalue weighted by atomic mass is 10.1. The number of nitrogens with one attached hydrogen (secondary N) is 1. The first-order valence-electron chi connectivity index (χ1n) is 9.47. The Kier molecular flexibility index (Phi) is 6.71. The van der Waals surface area contributed by atoms with Gasteiger partial charge in [0, 0.05) is 50.4 Å². The average molecular weight is 423 g/mol. The van der Waals surface area contributed by atoms with Gasteiger partial charge in [0.2, 0.25) is 5.91 Å². The number of rotatable bonds is 5. The summed E-state index contributed by atoms with van der Waals surface area (Å²) in [6.07, 6.45) is -4.18. The van der Waals surface area contributed by atoms with E-state index in [2.05, 4.69) is 5.32 Å². The van der Waals surface area contributed by atoms with E-state index in [9.17, 15) is 27.2 Å². The van der Waals surface area contributed by atoms with Crippen LogP contribution in [0.2, 0.25) is 0 Å². The van der Waals surface area contributed by atoms with Crippen LogP contribution in [-0.2, 0) is 11.0 Å². The molecule has 0 radical (unpaired) electrons. The molecule has 1 fully saturated rings. The molecule has 3 rings (SSSR count). The van der Waals surface area contributed by atoms with E-state index in [-0.39, 0.29) is 29.6 Å². The average Bonchev–Trinajstić information content (AvgIpc) is 2.73. The number of hydrogen-bond acceptors (Lipinski definition) is 3. The Hall–Kier alpha value is -2.94. The van der Waals surface area contributed by atoms with E-state index in [4.69, 9.17) is 0 Å². The van der Waals surface area contributed by atoms with Gasteiger partial charge < -0.3 is 10.2 Å². The molecular formula is C21H21F4N3O2. The predicted octanol–water partition coefficient (Wildman–Crippen LogP) is 3.63. The van der Waals surface area contributed by atoms with Crippen LogP contribution >= 0.6 is 0 Å². The maximum Gasteiger partial charge on any atom is 0.416 e. The van der Waals surface area contributed by atoms with Gasteiger partial charge in [-0.2, -0.15) is 13.2 Å². The van der Waals surface area contributed by atoms with Gasteiger partial charge in [-0.15, -0.1) is 0 Å². The summed E-state index contributed by atoms with van der Waals surface area (Å²) < 4.78 is 50.8. The van der Waals surface area contributed by atoms with Crippen LogP contribution in [-0.4, -0.2) is 54.3 Å². The van der Waals surface area contributed by atoms with Gasteiger partial charge >= 0.3 is 6.18 Å². The number of anilines is 1. The minimum absolute atomic E-state index is 0.190. The van der Waals surface area contributed by atoms with Crippen LogP contribution in [0, 0.1) is 5.82 Å². The molecule has 30 heavy (non-hydrogen) atoms. The number of benzene rings is 2. The van der Waals surface area contributed by atoms with Crippen LogP contribution in [0.1, 0.15) is 22.3 Å². The Morgan fingerprint density at radius 3 is 2.07 bits per heavy atom. The van der Waals surface area contributed by atoms with E-state index in [0.717, 1.165) is 12.1 Å². The Morgan fingerprint density at radius 2 is 1.50 bits per heavy atom. The van der Waals surface area contributed by atoms with Gasteiger partial charge in [0.15, 0.2) is 0 Å². The van der Waals surface area contributed by atoms with Crippen LogP contribution in [0.5, 0.6) is 0 Å². The molecule has 2 aromatic carbocycles. The number of halogens is 4. The van der Waals surface area contributed by atoms with E-state index < -0.39 is 11.7 Å². The smallest absolute Gasteiger partial charge is 0.336 e. The SMILES string of the molecule is O=C(CCN1CCN(C(=O)c2ccc(C(F)(F)F)cc2)CC1)Nc1ccc(F)cc1. The molecule has 0 atom stereocenters. The predicted molar refractivity (Wildman–Crippen MR) is 103 cm³/mol. The van der Waals surface area contributed by atoms with E-state index in [1.165, 1.54) is 36.4 Å². The Labute approximate surface area is 171 Å². The first-order valence-corrected chi connectivity index (χ1v) is 9.47. The molecule has 1 N–H and O–H groups in total. The molecule has 1 saturated heterocycles. The van der Waals surface area contributed by atoms with Crippen molar-refractivity contribution in [1.82, 2.24) is 9.80 Å². The van der Waals surface area contributed by atoms with E-state index in [0.29, 0.717) is 38.4 Å². The molecule has 1 aliphatic heterocycles. The minimum atomic E-state index is -4.43. The van der Waals surface area contributed by atoms with Crippen LogP contribution < -0.4 is 5.32 Å². The number of carbonyl (C=O) groups is 2. The zero-order valence-corrected chi connectivity index (χ0v) is 16.1. The van der Waals surface area contributed by atoms with E-state index in [1.54, 1.807) is 4.90 Å². The highest BCUT2D eigenvalue weighted by atomic mass is 19.4. The Morgan fingerprint density at radius 1 is 0.900 bits per heavy atom. The van der Waals surface area contributed by atoms with Crippen molar-refractivity contribution in [1.29, 1.82) is 0 Å². The normalized spacial score (nSPS) is 15.1. The molecule has 160 valence electrons. The molecule has 0 aliphatic carbocycles. The second kappa shape index (κ2) is 9.25. The van der Waals surface area contributed by atoms with Crippen molar-refractivity contribution in [3.63, 3.8) is 0 Å². The van der Waals surface area contributed by atoms with Gasteiger partial charge in [-0.05, 0) is 48.5 Å². The maximum atomic E-state index is 12.9. The monoisotopic (exact) mass is 423 g/mol. The number of piperazine rings is 1. The van der Waals surface area contributed by atoms with E-state index in [1.807, 2.05) is 4.90 Å². The summed E-state index contributed by atoms with van der Waals surface area (Å²) in [5.74, 6) is -0.876. The van der Waals surface area contributed by atoms with Gasteiger partial charge in [0.05, 0.1) is 5.56 Å². The van der Waals surface area contributed by atoms with Gasteiger partial charge in [-0.3, -0.25) is 14.5 Å². The molecular weight excluding hydrogens is 402 g/mol. The number of nitrogens with zero attached hydrogens (tertiary/aromatic N) is 2. The number of alkyl halides is 3. The van der Waals surface area contributed by atoms with Crippen molar-refractivity contribution in [3.8, 4) is 0 Å². The Balaban J connectivity index is 1.43. The highest BCUT2D eigenvalue weighted by molar-refractivity contribution is 5.94. The zero-order chi connectivity index (χ0) is 21.7. The first kappa shape index (κ1) is 21.8. The summed E-state index contributed by atoms with van der Waals surface area (Å²) in [6, 6.07) is 9.70. The summed E-state index contributed by atoms with van der Waals surface area (Å²) >= 11 is 0. The molecule has 1 aliphatic rings. The van der Waals surface area contributed by atoms with Crippen molar-refractivity contribution in [2.24, 2.45) is 0 Å². The van der Waals surface area contributed by atoms with Crippen molar-refractivity contribution < 1.29 is 27.2 Å². The molecule has 0 bridgehead atoms. The van der Waals surface area contributed by atoms with Crippen molar-refractivity contribution >= 4 is 17.5 Å². The highest BCUT2D eigenvalue weighted by Gasteiger charge is 2.30. The summed E-state index contributed by atoms with van der Waals surface area (Å²) in [6.45, 7) is 2.50. The third kappa shape index (κ3) is 5.79. The number of hydrogen-bond donors (Lipinski definition) is 1. The molecule has 0 spiro atoms. The van der Waals surface area contributed by atoms with Crippen molar-refractivity contribution in [2.75, 3.05) is 38.0 Å². The fraction of sp³-hybridized carbons (Fsp3) is 0.333. The maximum absolute atomic E-state index is 12.9. The van der Waals surface area contributed by atoms with Crippen molar-refractivity contribution in [3.05, 3.63) is 65.5 Å². The zero-order valence-electron chi connectivity index (χ0n) is 16.1. The quantitative estimate of drug-likeness (QED) is 0.748. The molecule has 1 heterocycles. The van der Waals surface area contributed by atoms with Gasteiger partial charge in [-0.25, -0.2) is 4.39 Å². The fourth-order valence-electron chi connectivity index (χ4n) is 3.18. The third-order valence-electron chi connectivity index (χ3n) is 4.90. The standard InChI is InChI=1S/C21H21F4N3O2/c22-17-5-7-18(8-6-17)26-19(29)9-10-27-11-13-28(14-12-27)20(30)15-1-3-16(4-2-15)21(23,24)25/h1-8H,9-14H2,(H,26,29). The molecule has 9 heteroatoms. The molecule has 2 amide bonds. The highest BCUT2D eigenvalue weighted by Crippen LogP contribution is 2.29. The minimum Gasteiger partial charge on any atom is -0.336 e. The fourth-order valence-corrected chi connectivity index (χ4v) is 3.18. The van der Waals surface area contributed by atoms with Gasteiger partial charge in [-0.1, -0.05) is 0 Å². The lowest BCUT2D eigenvalue weighted by Gasteiger charge is -2.34. The summed E-state index contributed by atoms with van der Waals surface area (Å²) in [5, 5.41) is 2.70. The van der Waals surface area contributed by atoms with E-state index >= 15 is 0 Å². The van der Waals surface area contributed by atoms with Crippen molar-refractivity contribution in [2.45, 2.75) is 12.6 Å². The number of amides is 2. The molecule has 0 aromatic heterocycles. The lowest BCUT2D eigenvalue weighted by Crippen LogP contribution is -2.49. The lowest BCUT2D eigenvalue weighted by molar-refractivity contribution is -0.137. The molecule has 0 saturated carbocycles. The van der Waals surface area contributed by atoms with Crippen LogP contribution in [0.4, 0.5) is 23.2 Å². The Bertz CT molecular complexity index is 875. The molecule has 2 aromatic rings. The summed E-state index contributed by atoms with van der Waals surface area (Å²) in [4.78, 5) is 28.2. The topological polar surface area (TPSA) is 52.7 Å². The largest absolute Gasteiger partial charge is 0.416 e. The van der Waals surface area contributed by atoms with Crippen LogP contribution in [0.25, 0.3) is 0 Å². The summed E-state index contributed by atoms with van der Waals surface area (Å²) in [7, 11) is 0. The van der Waals surface area contributed by atoms with Crippen LogP contribution in [0.3, 0.4) is 0 Å².